The minimum absolute atomic E-state index is 0. The molecule has 0 bridgehead atoms. The van der Waals surface area contributed by atoms with Gasteiger partial charge in [0.2, 0.25) is 0 Å². The van der Waals surface area contributed by atoms with E-state index in [0.29, 0.717) is 0 Å². The molecule has 0 aliphatic heterocycles. The van der Waals surface area contributed by atoms with Crippen molar-refractivity contribution in [1.29, 1.82) is 0 Å². The van der Waals surface area contributed by atoms with Gasteiger partial charge in [0.15, 0.2) is 0 Å². The van der Waals surface area contributed by atoms with Gasteiger partial charge in [-0.15, -0.1) is 0 Å². The first kappa shape index (κ1) is 25.4. The molecule has 0 N–H and O–H groups in total. The summed E-state index contributed by atoms with van der Waals surface area (Å²) in [5.41, 5.74) is 0. The third kappa shape index (κ3) is 15.7. The molecule has 0 spiro atoms. The van der Waals surface area contributed by atoms with Gasteiger partial charge in [-0.1, -0.05) is 53.9 Å². The van der Waals surface area contributed by atoms with Gasteiger partial charge in [0.25, 0.3) is 0 Å². The van der Waals surface area contributed by atoms with E-state index in [1.807, 2.05) is 0 Å². The van der Waals surface area contributed by atoms with E-state index in [9.17, 15) is 0 Å². The molecule has 0 radical (unpaired) electrons. The van der Waals surface area contributed by atoms with Crippen molar-refractivity contribution in [2.45, 2.75) is 79.6 Å². The first-order valence-electron chi connectivity index (χ1n) is 7.78. The Balaban J connectivity index is -0.00000128. The van der Waals surface area contributed by atoms with Crippen molar-refractivity contribution >= 4 is 23.1 Å². The second-order valence-electron chi connectivity index (χ2n) is 6.56. The van der Waals surface area contributed by atoms with Crippen LogP contribution in [0.5, 0.6) is 0 Å². The predicted molar refractivity (Wildman–Crippen MR) is 85.8 cm³/mol. The zero-order valence-electron chi connectivity index (χ0n) is 14.1. The average molecular weight is 391 g/mol. The number of halogens is 1. The summed E-state index contributed by atoms with van der Waals surface area (Å²) in [6.45, 7) is 15.9. The Hall–Kier alpha value is 1.50. The van der Waals surface area contributed by atoms with Crippen molar-refractivity contribution in [1.82, 2.24) is 0 Å². The summed E-state index contributed by atoms with van der Waals surface area (Å²) in [7, 11) is 0. The van der Waals surface area contributed by atoms with Crippen LogP contribution >= 0.6 is 0 Å². The van der Waals surface area contributed by atoms with Gasteiger partial charge in [-0.3, -0.25) is 0 Å². The van der Waals surface area contributed by atoms with E-state index >= 15 is 0 Å². The molecule has 112 valence electrons. The van der Waals surface area contributed by atoms with Gasteiger partial charge in [0.1, 0.15) is 0 Å². The number of hydrogen-bond acceptors (Lipinski definition) is 0. The summed E-state index contributed by atoms with van der Waals surface area (Å²) in [6, 6.07) is 0. The van der Waals surface area contributed by atoms with E-state index < -0.39 is 0 Å². The first-order chi connectivity index (χ1) is 7.99. The molecule has 0 amide bonds. The van der Waals surface area contributed by atoms with Crippen molar-refractivity contribution in [3.8, 4) is 0 Å². The van der Waals surface area contributed by atoms with E-state index in [4.69, 9.17) is 0 Å². The summed E-state index contributed by atoms with van der Waals surface area (Å²) in [6.07, 6.45) is 9.35. The fourth-order valence-electron chi connectivity index (χ4n) is 3.33. The van der Waals surface area contributed by atoms with Crippen LogP contribution in [0.15, 0.2) is 0 Å². The Morgan fingerprint density at radius 1 is 0.737 bits per heavy atom. The molecule has 0 heterocycles. The summed E-state index contributed by atoms with van der Waals surface area (Å²) in [5.74, 6) is 3.57. The zero-order valence-corrected chi connectivity index (χ0v) is 17.6. The van der Waals surface area contributed by atoms with Gasteiger partial charge in [0, 0.05) is 0 Å². The third-order valence-corrected chi connectivity index (χ3v) is 3.89. The van der Waals surface area contributed by atoms with Crippen LogP contribution in [0.4, 0.5) is 0 Å². The molecule has 0 aromatic heterocycles. The molecule has 0 aliphatic carbocycles. The molecule has 0 aromatic rings. The van der Waals surface area contributed by atoms with Crippen LogP contribution in [-0.4, -0.2) is 23.1 Å². The summed E-state index contributed by atoms with van der Waals surface area (Å²) in [4.78, 5) is 0. The van der Waals surface area contributed by atoms with E-state index in [1.165, 1.54) is 38.5 Å². The summed E-state index contributed by atoms with van der Waals surface area (Å²) in [5, 5.41) is 0. The first-order valence-corrected chi connectivity index (χ1v) is 7.78. The normalized spacial score (nSPS) is 16.7. The van der Waals surface area contributed by atoms with Crippen LogP contribution in [0.1, 0.15) is 79.6 Å². The summed E-state index contributed by atoms with van der Waals surface area (Å²) < 4.78 is 0. The maximum absolute atomic E-state index is 3.95. The largest absolute Gasteiger partial charge is 2.00 e. The molecular weight excluding hydrogens is 355 g/mol. The maximum atomic E-state index is 3.95. The SMILES string of the molecule is [CH2-]CCC(C)CC(C)CC(C)CC(C)CCC.[I-].[Mg+2]. The Labute approximate surface area is 156 Å². The molecule has 0 saturated carbocycles. The van der Waals surface area contributed by atoms with Crippen molar-refractivity contribution in [3.05, 3.63) is 6.92 Å². The Morgan fingerprint density at radius 3 is 1.47 bits per heavy atom. The van der Waals surface area contributed by atoms with Gasteiger partial charge >= 0.3 is 23.1 Å². The quantitative estimate of drug-likeness (QED) is 0.306. The maximum Gasteiger partial charge on any atom is 2.00 e. The van der Waals surface area contributed by atoms with Gasteiger partial charge in [-0.2, -0.15) is 6.42 Å². The van der Waals surface area contributed by atoms with Gasteiger partial charge in [-0.25, -0.2) is 0 Å². The smallest absolute Gasteiger partial charge is 1.00 e. The Bertz CT molecular complexity index is 155. The van der Waals surface area contributed by atoms with Gasteiger partial charge in [0.05, 0.1) is 0 Å². The molecule has 19 heavy (non-hydrogen) atoms. The topological polar surface area (TPSA) is 0 Å². The van der Waals surface area contributed by atoms with E-state index in [-0.39, 0.29) is 47.0 Å². The zero-order chi connectivity index (χ0) is 13.3. The minimum atomic E-state index is 0. The number of hydrogen-bond donors (Lipinski definition) is 0. The molecule has 0 rings (SSSR count). The van der Waals surface area contributed by atoms with E-state index in [2.05, 4.69) is 41.5 Å². The van der Waals surface area contributed by atoms with Gasteiger partial charge in [-0.05, 0) is 42.9 Å². The van der Waals surface area contributed by atoms with Crippen LogP contribution in [0, 0.1) is 30.6 Å². The van der Waals surface area contributed by atoms with Gasteiger partial charge < -0.3 is 30.9 Å². The molecule has 0 aromatic carbocycles. The van der Waals surface area contributed by atoms with Crippen LogP contribution in [0.3, 0.4) is 0 Å². The predicted octanol–water partition coefficient (Wildman–Crippen LogP) is 2.74. The second-order valence-corrected chi connectivity index (χ2v) is 6.56. The average Bonchev–Trinajstić information content (AvgIpc) is 2.16. The molecule has 0 saturated heterocycles. The minimum Gasteiger partial charge on any atom is -1.00 e. The molecule has 4 atom stereocenters. The van der Waals surface area contributed by atoms with E-state index in [1.54, 1.807) is 0 Å². The van der Waals surface area contributed by atoms with Crippen molar-refractivity contribution in [3.63, 3.8) is 0 Å². The van der Waals surface area contributed by atoms with Crippen LogP contribution in [-0.2, 0) is 0 Å². The van der Waals surface area contributed by atoms with Crippen LogP contribution < -0.4 is 24.0 Å². The molecule has 0 fully saturated rings. The van der Waals surface area contributed by atoms with Crippen molar-refractivity contribution in [2.24, 2.45) is 23.7 Å². The van der Waals surface area contributed by atoms with Crippen molar-refractivity contribution < 1.29 is 24.0 Å². The fourth-order valence-corrected chi connectivity index (χ4v) is 3.33. The molecule has 4 unspecified atom stereocenters. The Morgan fingerprint density at radius 2 is 1.11 bits per heavy atom. The molecule has 0 nitrogen and oxygen atoms in total. The standard InChI is InChI=1S/C17H35.HI.Mg/c1-7-9-14(3)11-16(5)13-17(6)12-15(4)10-8-2;;/h14-17H,1,7-13H2,2-6H3;1H;/q-1;;+2/p-1. The van der Waals surface area contributed by atoms with Crippen molar-refractivity contribution in [2.75, 3.05) is 0 Å². The van der Waals surface area contributed by atoms with Crippen LogP contribution in [0.25, 0.3) is 0 Å². The van der Waals surface area contributed by atoms with E-state index in [0.717, 1.165) is 30.1 Å². The molecule has 0 aliphatic rings. The fraction of sp³-hybridized carbons (Fsp3) is 0.941. The third-order valence-electron chi connectivity index (χ3n) is 3.89. The number of rotatable bonds is 10. The summed E-state index contributed by atoms with van der Waals surface area (Å²) >= 11 is 0. The molecular formula is C17H35IMg. The second kappa shape index (κ2) is 15.9. The Kier molecular flexibility index (Phi) is 21.3. The molecule has 2 heteroatoms. The monoisotopic (exact) mass is 390 g/mol. The van der Waals surface area contributed by atoms with Crippen LogP contribution in [0.2, 0.25) is 0 Å².